The van der Waals surface area contributed by atoms with Crippen LogP contribution < -0.4 is 15.0 Å². The Morgan fingerprint density at radius 2 is 1.88 bits per heavy atom. The largest absolute Gasteiger partial charge is 0.490 e. The molecule has 7 nitrogen and oxygen atoms in total. The molecule has 0 amide bonds. The second-order valence-electron chi connectivity index (χ2n) is 7.19. The van der Waals surface area contributed by atoms with Crippen LogP contribution in [0.3, 0.4) is 0 Å². The van der Waals surface area contributed by atoms with Gasteiger partial charge in [0.1, 0.15) is 23.9 Å². The van der Waals surface area contributed by atoms with Crippen molar-refractivity contribution in [2.45, 2.75) is 13.5 Å². The number of aromatic nitrogens is 1. The third-order valence-corrected chi connectivity index (χ3v) is 5.19. The van der Waals surface area contributed by atoms with Gasteiger partial charge in [0.25, 0.3) is 5.56 Å². The first kappa shape index (κ1) is 21.9. The van der Waals surface area contributed by atoms with Gasteiger partial charge in [-0.05, 0) is 43.3 Å². The van der Waals surface area contributed by atoms with Crippen LogP contribution in [0.2, 0.25) is 5.02 Å². The summed E-state index contributed by atoms with van der Waals surface area (Å²) in [6.45, 7) is 2.83. The highest BCUT2D eigenvalue weighted by atomic mass is 35.5. The van der Waals surface area contributed by atoms with Crippen LogP contribution in [0.15, 0.2) is 53.5 Å². The fourth-order valence-electron chi connectivity index (χ4n) is 3.38. The number of hydrogen-bond acceptors (Lipinski definition) is 6. The van der Waals surface area contributed by atoms with Gasteiger partial charge in [-0.2, -0.15) is 0 Å². The highest BCUT2D eigenvalue weighted by Crippen LogP contribution is 2.40. The van der Waals surface area contributed by atoms with E-state index in [4.69, 9.17) is 30.5 Å². The number of halogens is 1. The van der Waals surface area contributed by atoms with E-state index < -0.39 is 5.97 Å². The summed E-state index contributed by atoms with van der Waals surface area (Å²) in [5, 5.41) is 0.567. The number of hydrogen-bond donors (Lipinski definition) is 0. The summed E-state index contributed by atoms with van der Waals surface area (Å²) < 4.78 is 24.5. The maximum atomic E-state index is 12.4. The Morgan fingerprint density at radius 1 is 1.06 bits per heavy atom. The second kappa shape index (κ2) is 9.46. The van der Waals surface area contributed by atoms with Crippen molar-refractivity contribution in [1.29, 1.82) is 0 Å². The lowest BCUT2D eigenvalue weighted by Crippen LogP contribution is -2.17. The van der Waals surface area contributed by atoms with E-state index in [9.17, 15) is 9.59 Å². The van der Waals surface area contributed by atoms with E-state index in [1.54, 1.807) is 56.6 Å². The van der Waals surface area contributed by atoms with Crippen LogP contribution in [0.25, 0.3) is 11.1 Å². The number of esters is 1. The lowest BCUT2D eigenvalue weighted by atomic mass is 10.0. The highest BCUT2D eigenvalue weighted by Gasteiger charge is 2.20. The number of carbonyl (C=O) groups is 1. The second-order valence-corrected chi connectivity index (χ2v) is 7.62. The summed E-state index contributed by atoms with van der Waals surface area (Å²) >= 11 is 6.17. The van der Waals surface area contributed by atoms with E-state index in [0.29, 0.717) is 45.6 Å². The molecule has 3 aromatic rings. The molecule has 0 radical (unpaired) electrons. The summed E-state index contributed by atoms with van der Waals surface area (Å²) in [7, 11) is 1.65. The van der Waals surface area contributed by atoms with Gasteiger partial charge in [0.05, 0.1) is 25.4 Å². The molecule has 2 aromatic carbocycles. The molecule has 1 aliphatic heterocycles. The predicted octanol–water partition coefficient (Wildman–Crippen LogP) is 4.58. The van der Waals surface area contributed by atoms with Crippen LogP contribution in [0.5, 0.6) is 17.2 Å². The van der Waals surface area contributed by atoms with Gasteiger partial charge >= 0.3 is 5.97 Å². The average molecular weight is 456 g/mol. The Balaban J connectivity index is 1.92. The third kappa shape index (κ3) is 4.64. The lowest BCUT2D eigenvalue weighted by molar-refractivity contribution is 0.0526. The van der Waals surface area contributed by atoms with Crippen molar-refractivity contribution < 1.29 is 23.7 Å². The number of fused-ring (bicyclic) bond motifs is 4. The molecule has 0 bridgehead atoms. The molecule has 1 aliphatic rings. The Morgan fingerprint density at radius 3 is 2.69 bits per heavy atom. The van der Waals surface area contributed by atoms with Crippen molar-refractivity contribution in [3.63, 3.8) is 0 Å². The monoisotopic (exact) mass is 455 g/mol. The van der Waals surface area contributed by atoms with Crippen molar-refractivity contribution in [3.8, 4) is 28.4 Å². The van der Waals surface area contributed by atoms with Crippen molar-refractivity contribution in [2.75, 3.05) is 19.8 Å². The van der Waals surface area contributed by atoms with Crippen LogP contribution in [-0.4, -0.2) is 30.4 Å². The summed E-state index contributed by atoms with van der Waals surface area (Å²) in [5.74, 6) is 0.979. The van der Waals surface area contributed by atoms with Gasteiger partial charge in [0.2, 0.25) is 0 Å². The smallest absolute Gasteiger partial charge is 0.338 e. The maximum Gasteiger partial charge on any atom is 0.338 e. The van der Waals surface area contributed by atoms with Crippen LogP contribution >= 0.6 is 11.6 Å². The van der Waals surface area contributed by atoms with E-state index >= 15 is 0 Å². The summed E-state index contributed by atoms with van der Waals surface area (Å²) in [5.41, 5.74) is 2.11. The number of ether oxygens (including phenoxy) is 4. The molecule has 0 unspecified atom stereocenters. The standard InChI is InChI=1S/C24H22ClNO6/c1-3-30-24(28)15-4-6-21-18(11-15)19-13-26(2)23(27)12-22(19)31-9-8-29-14-16-10-17(25)5-7-20(16)32-21/h4-7,10-13H,3,8-9,14H2,1-2H3. The first-order valence-electron chi connectivity index (χ1n) is 10.2. The number of aryl methyl sites for hydroxylation is 1. The van der Waals surface area contributed by atoms with E-state index in [2.05, 4.69) is 0 Å². The van der Waals surface area contributed by atoms with Gasteiger partial charge < -0.3 is 23.5 Å². The minimum atomic E-state index is -0.450. The highest BCUT2D eigenvalue weighted by molar-refractivity contribution is 6.30. The molecule has 2 heterocycles. The van der Waals surface area contributed by atoms with E-state index in [0.717, 1.165) is 5.56 Å². The average Bonchev–Trinajstić information content (AvgIpc) is 2.77. The fourth-order valence-corrected chi connectivity index (χ4v) is 3.57. The molecule has 32 heavy (non-hydrogen) atoms. The zero-order chi connectivity index (χ0) is 22.7. The molecule has 0 atom stereocenters. The van der Waals surface area contributed by atoms with Crippen molar-refractivity contribution in [2.24, 2.45) is 7.05 Å². The number of nitrogens with zero attached hydrogens (tertiary/aromatic N) is 1. The van der Waals surface area contributed by atoms with Crippen molar-refractivity contribution in [1.82, 2.24) is 4.57 Å². The zero-order valence-electron chi connectivity index (χ0n) is 17.7. The molecule has 0 aliphatic carbocycles. The molecule has 1 aromatic heterocycles. The first-order chi connectivity index (χ1) is 15.5. The Labute approximate surface area is 190 Å². The van der Waals surface area contributed by atoms with Gasteiger partial charge in [-0.25, -0.2) is 4.79 Å². The van der Waals surface area contributed by atoms with Gasteiger partial charge in [-0.15, -0.1) is 0 Å². The quantitative estimate of drug-likeness (QED) is 0.526. The van der Waals surface area contributed by atoms with Crippen molar-refractivity contribution in [3.05, 3.63) is 75.2 Å². The number of rotatable bonds is 2. The lowest BCUT2D eigenvalue weighted by Gasteiger charge is -2.19. The van der Waals surface area contributed by atoms with Crippen molar-refractivity contribution >= 4 is 17.6 Å². The molecule has 0 spiro atoms. The van der Waals surface area contributed by atoms with Gasteiger partial charge in [0, 0.05) is 41.0 Å². The van der Waals surface area contributed by atoms with Crippen LogP contribution in [0, 0.1) is 0 Å². The van der Waals surface area contributed by atoms with Crippen LogP contribution in [0.4, 0.5) is 0 Å². The minimum absolute atomic E-state index is 0.222. The van der Waals surface area contributed by atoms with Gasteiger partial charge in [-0.3, -0.25) is 4.79 Å². The third-order valence-electron chi connectivity index (χ3n) is 4.96. The molecule has 0 saturated carbocycles. The zero-order valence-corrected chi connectivity index (χ0v) is 18.5. The van der Waals surface area contributed by atoms with E-state index in [1.165, 1.54) is 10.6 Å². The summed E-state index contributed by atoms with van der Waals surface area (Å²) in [4.78, 5) is 24.7. The van der Waals surface area contributed by atoms with Crippen LogP contribution in [0.1, 0.15) is 22.8 Å². The number of carbonyl (C=O) groups excluding carboxylic acids is 1. The van der Waals surface area contributed by atoms with Crippen LogP contribution in [-0.2, 0) is 23.1 Å². The molecule has 0 fully saturated rings. The molecular formula is C24H22ClNO6. The molecule has 8 heteroatoms. The van der Waals surface area contributed by atoms with E-state index in [1.807, 2.05) is 0 Å². The number of pyridine rings is 1. The molecular weight excluding hydrogens is 434 g/mol. The number of benzene rings is 2. The first-order valence-corrected chi connectivity index (χ1v) is 10.5. The molecule has 0 N–H and O–H groups in total. The molecule has 166 valence electrons. The molecule has 4 rings (SSSR count). The Kier molecular flexibility index (Phi) is 6.48. The van der Waals surface area contributed by atoms with Gasteiger partial charge in [-0.1, -0.05) is 11.6 Å². The fraction of sp³-hybridized carbons (Fsp3) is 0.250. The normalized spacial score (nSPS) is 13.2. The topological polar surface area (TPSA) is 76.0 Å². The minimum Gasteiger partial charge on any atom is -0.490 e. The Hall–Kier alpha value is -3.29. The summed E-state index contributed by atoms with van der Waals surface area (Å²) in [6, 6.07) is 11.7. The summed E-state index contributed by atoms with van der Waals surface area (Å²) in [6.07, 6.45) is 1.66. The SMILES string of the molecule is CCOC(=O)c1ccc2c(c1)-c1cn(C)c(=O)cc1OCCOCc1cc(Cl)ccc1O2. The van der Waals surface area contributed by atoms with Gasteiger partial charge in [0.15, 0.2) is 0 Å². The predicted molar refractivity (Wildman–Crippen MR) is 120 cm³/mol. The Bertz CT molecular complexity index is 1220. The molecule has 0 saturated heterocycles. The van der Waals surface area contributed by atoms with E-state index in [-0.39, 0.29) is 25.4 Å². The maximum absolute atomic E-state index is 12.4.